The zero-order chi connectivity index (χ0) is 15.8. The minimum Gasteiger partial charge on any atom is -0.493 e. The Hall–Kier alpha value is -1.62. The van der Waals surface area contributed by atoms with E-state index in [-0.39, 0.29) is 0 Å². The Morgan fingerprint density at radius 2 is 1.57 bits per heavy atom. The van der Waals surface area contributed by atoms with Crippen LogP contribution in [-0.4, -0.2) is 40.5 Å². The lowest BCUT2D eigenvalue weighted by atomic mass is 10.1. The van der Waals surface area contributed by atoms with E-state index in [1.807, 2.05) is 12.1 Å². The van der Waals surface area contributed by atoms with E-state index >= 15 is 0 Å². The van der Waals surface area contributed by atoms with Gasteiger partial charge in [-0.05, 0) is 12.5 Å². The molecule has 21 heavy (non-hydrogen) atoms. The first-order chi connectivity index (χ1) is 10.1. The lowest BCUT2D eigenvalue weighted by Crippen LogP contribution is -2.38. The van der Waals surface area contributed by atoms with Crippen LogP contribution in [0.2, 0.25) is 0 Å². The van der Waals surface area contributed by atoms with Crippen molar-refractivity contribution >= 4 is 0 Å². The van der Waals surface area contributed by atoms with Gasteiger partial charge in [-0.2, -0.15) is 0 Å². The summed E-state index contributed by atoms with van der Waals surface area (Å²) in [5.41, 5.74) is 0. The van der Waals surface area contributed by atoms with E-state index in [1.165, 1.54) is 0 Å². The molecule has 0 radical (unpaired) electrons. The van der Waals surface area contributed by atoms with Crippen molar-refractivity contribution in [2.75, 3.05) is 34.5 Å². The summed E-state index contributed by atoms with van der Waals surface area (Å²) in [5, 5.41) is 3.42. The first kappa shape index (κ1) is 17.4. The first-order valence-electron chi connectivity index (χ1n) is 7.23. The van der Waals surface area contributed by atoms with Gasteiger partial charge in [-0.1, -0.05) is 20.8 Å². The van der Waals surface area contributed by atoms with Crippen LogP contribution < -0.4 is 24.3 Å². The Balaban J connectivity index is 2.88. The van der Waals surface area contributed by atoms with Crippen LogP contribution in [0.15, 0.2) is 12.1 Å². The zero-order valence-corrected chi connectivity index (χ0v) is 13.9. The molecule has 0 aromatic heterocycles. The van der Waals surface area contributed by atoms with E-state index < -0.39 is 0 Å². The monoisotopic (exact) mass is 297 g/mol. The highest BCUT2D eigenvalue weighted by molar-refractivity contribution is 5.55. The summed E-state index contributed by atoms with van der Waals surface area (Å²) in [6.07, 6.45) is 0. The summed E-state index contributed by atoms with van der Waals surface area (Å²) in [6, 6.07) is 3.92. The maximum absolute atomic E-state index is 5.89. The van der Waals surface area contributed by atoms with Gasteiger partial charge < -0.3 is 24.3 Å². The predicted molar refractivity (Wildman–Crippen MR) is 83.9 cm³/mol. The maximum atomic E-state index is 5.89. The van der Waals surface area contributed by atoms with Crippen LogP contribution in [0.3, 0.4) is 0 Å². The van der Waals surface area contributed by atoms with Crippen molar-refractivity contribution < 1.29 is 18.9 Å². The summed E-state index contributed by atoms with van der Waals surface area (Å²) in [5.74, 6) is 2.95. The number of rotatable bonds is 9. The summed E-state index contributed by atoms with van der Waals surface area (Å²) in [7, 11) is 4.77. The van der Waals surface area contributed by atoms with Crippen LogP contribution in [0.25, 0.3) is 0 Å². The average molecular weight is 297 g/mol. The smallest absolute Gasteiger partial charge is 0.203 e. The molecule has 0 saturated carbocycles. The number of ether oxygens (including phenoxy) is 4. The topological polar surface area (TPSA) is 49.0 Å². The van der Waals surface area contributed by atoms with E-state index in [1.54, 1.807) is 21.3 Å². The number of benzene rings is 1. The van der Waals surface area contributed by atoms with Crippen molar-refractivity contribution in [2.24, 2.45) is 5.92 Å². The number of methoxy groups -OCH3 is 3. The number of hydrogen-bond donors (Lipinski definition) is 1. The molecule has 1 unspecified atom stereocenters. The molecule has 5 nitrogen and oxygen atoms in total. The second-order valence-corrected chi connectivity index (χ2v) is 5.08. The van der Waals surface area contributed by atoms with Crippen molar-refractivity contribution in [3.8, 4) is 23.0 Å². The molecular weight excluding hydrogens is 270 g/mol. The van der Waals surface area contributed by atoms with E-state index in [2.05, 4.69) is 26.1 Å². The quantitative estimate of drug-likeness (QED) is 0.759. The standard InChI is InChI=1S/C16H27NO4/c1-7-17-13(11(2)3)10-21-12-8-14(18-4)16(20-6)15(9-12)19-5/h8-9,11,13,17H,7,10H2,1-6H3. The van der Waals surface area contributed by atoms with Crippen molar-refractivity contribution in [2.45, 2.75) is 26.8 Å². The Morgan fingerprint density at radius 1 is 1.00 bits per heavy atom. The van der Waals surface area contributed by atoms with Gasteiger partial charge >= 0.3 is 0 Å². The fourth-order valence-electron chi connectivity index (χ4n) is 2.08. The van der Waals surface area contributed by atoms with Crippen molar-refractivity contribution in [1.82, 2.24) is 5.32 Å². The molecule has 1 N–H and O–H groups in total. The number of likely N-dealkylation sites (N-methyl/N-ethyl adjacent to an activating group) is 1. The second-order valence-electron chi connectivity index (χ2n) is 5.08. The minimum absolute atomic E-state index is 0.300. The van der Waals surface area contributed by atoms with Crippen molar-refractivity contribution in [1.29, 1.82) is 0 Å². The zero-order valence-electron chi connectivity index (χ0n) is 13.9. The molecule has 1 aromatic carbocycles. The van der Waals surface area contributed by atoms with E-state index in [4.69, 9.17) is 18.9 Å². The molecule has 0 aliphatic carbocycles. The summed E-state index contributed by atoms with van der Waals surface area (Å²) in [6.45, 7) is 7.94. The molecule has 0 heterocycles. The summed E-state index contributed by atoms with van der Waals surface area (Å²) >= 11 is 0. The fourth-order valence-corrected chi connectivity index (χ4v) is 2.08. The third-order valence-electron chi connectivity index (χ3n) is 3.34. The van der Waals surface area contributed by atoms with Gasteiger partial charge in [-0.25, -0.2) is 0 Å². The van der Waals surface area contributed by atoms with Gasteiger partial charge in [0.1, 0.15) is 12.4 Å². The van der Waals surface area contributed by atoms with Crippen LogP contribution >= 0.6 is 0 Å². The van der Waals surface area contributed by atoms with Crippen LogP contribution in [0.1, 0.15) is 20.8 Å². The van der Waals surface area contributed by atoms with Gasteiger partial charge in [0.25, 0.3) is 0 Å². The molecular formula is C16H27NO4. The number of nitrogens with one attached hydrogen (secondary N) is 1. The lowest BCUT2D eigenvalue weighted by molar-refractivity contribution is 0.229. The van der Waals surface area contributed by atoms with Gasteiger partial charge in [0.15, 0.2) is 11.5 Å². The SMILES string of the molecule is CCNC(COc1cc(OC)c(OC)c(OC)c1)C(C)C. The van der Waals surface area contributed by atoms with Gasteiger partial charge in [0.05, 0.1) is 21.3 Å². The van der Waals surface area contributed by atoms with E-state index in [9.17, 15) is 0 Å². The fraction of sp³-hybridized carbons (Fsp3) is 0.625. The highest BCUT2D eigenvalue weighted by Gasteiger charge is 2.16. The van der Waals surface area contributed by atoms with E-state index in [0.717, 1.165) is 6.54 Å². The third-order valence-corrected chi connectivity index (χ3v) is 3.34. The predicted octanol–water partition coefficient (Wildman–Crippen LogP) is 2.73. The molecule has 0 aliphatic heterocycles. The molecule has 1 aromatic rings. The second kappa shape index (κ2) is 8.62. The molecule has 0 spiro atoms. The van der Waals surface area contributed by atoms with Crippen molar-refractivity contribution in [3.63, 3.8) is 0 Å². The molecule has 5 heteroatoms. The Morgan fingerprint density at radius 3 is 1.95 bits per heavy atom. The van der Waals surface area contributed by atoms with Crippen LogP contribution in [0, 0.1) is 5.92 Å². The molecule has 0 amide bonds. The Bertz CT molecular complexity index is 409. The largest absolute Gasteiger partial charge is 0.493 e. The van der Waals surface area contributed by atoms with Gasteiger partial charge in [-0.15, -0.1) is 0 Å². The highest BCUT2D eigenvalue weighted by atomic mass is 16.5. The van der Waals surface area contributed by atoms with Gasteiger partial charge in [0, 0.05) is 18.2 Å². The van der Waals surface area contributed by atoms with Crippen LogP contribution in [0.4, 0.5) is 0 Å². The van der Waals surface area contributed by atoms with E-state index in [0.29, 0.717) is 41.6 Å². The molecule has 0 fully saturated rings. The molecule has 0 bridgehead atoms. The average Bonchev–Trinajstić information content (AvgIpc) is 2.49. The molecule has 1 rings (SSSR count). The Labute approximate surface area is 127 Å². The number of hydrogen-bond acceptors (Lipinski definition) is 5. The molecule has 120 valence electrons. The normalized spacial score (nSPS) is 12.1. The highest BCUT2D eigenvalue weighted by Crippen LogP contribution is 2.40. The molecule has 1 atom stereocenters. The van der Waals surface area contributed by atoms with Gasteiger partial charge in [0.2, 0.25) is 5.75 Å². The minimum atomic E-state index is 0.300. The maximum Gasteiger partial charge on any atom is 0.203 e. The molecule has 0 saturated heterocycles. The summed E-state index contributed by atoms with van der Waals surface area (Å²) < 4.78 is 21.8. The van der Waals surface area contributed by atoms with Crippen LogP contribution in [0.5, 0.6) is 23.0 Å². The van der Waals surface area contributed by atoms with Crippen molar-refractivity contribution in [3.05, 3.63) is 12.1 Å². The molecule has 0 aliphatic rings. The van der Waals surface area contributed by atoms with Crippen LogP contribution in [-0.2, 0) is 0 Å². The first-order valence-corrected chi connectivity index (χ1v) is 7.23. The Kier molecular flexibility index (Phi) is 7.15. The van der Waals surface area contributed by atoms with Gasteiger partial charge in [-0.3, -0.25) is 0 Å². The third kappa shape index (κ3) is 4.70. The summed E-state index contributed by atoms with van der Waals surface area (Å²) in [4.78, 5) is 0. The lowest BCUT2D eigenvalue weighted by Gasteiger charge is -2.22.